The van der Waals surface area contributed by atoms with E-state index in [0.717, 1.165) is 55.6 Å². The van der Waals surface area contributed by atoms with Gasteiger partial charge in [0.25, 0.3) is 5.91 Å². The number of hydrogen-bond acceptors (Lipinski definition) is 4. The number of halogens is 1. The molecule has 0 radical (unpaired) electrons. The van der Waals surface area contributed by atoms with Crippen LogP contribution in [0.15, 0.2) is 35.1 Å². The van der Waals surface area contributed by atoms with Crippen molar-refractivity contribution >= 4 is 23.2 Å². The summed E-state index contributed by atoms with van der Waals surface area (Å²) in [5.41, 5.74) is 12.6. The monoisotopic (exact) mass is 458 g/mol. The number of benzene rings is 1. The van der Waals surface area contributed by atoms with Gasteiger partial charge in [-0.1, -0.05) is 18.5 Å². The van der Waals surface area contributed by atoms with Gasteiger partial charge in [-0.3, -0.25) is 4.79 Å². The number of hydrogen-bond donors (Lipinski definition) is 3. The number of amides is 1. The summed E-state index contributed by atoms with van der Waals surface area (Å²) >= 11 is 6.54. The normalized spacial score (nSPS) is 23.5. The van der Waals surface area contributed by atoms with Crippen LogP contribution in [0.5, 0.6) is 0 Å². The van der Waals surface area contributed by atoms with Crippen LogP contribution >= 0.6 is 11.6 Å². The number of carbonyl (C=O) groups is 1. The van der Waals surface area contributed by atoms with Gasteiger partial charge in [0, 0.05) is 53.2 Å². The maximum absolute atomic E-state index is 13.3. The summed E-state index contributed by atoms with van der Waals surface area (Å²) in [4.78, 5) is 15.7. The van der Waals surface area contributed by atoms with Crippen molar-refractivity contribution in [1.82, 2.24) is 10.6 Å². The van der Waals surface area contributed by atoms with Gasteiger partial charge in [-0.15, -0.1) is 0 Å². The zero-order chi connectivity index (χ0) is 23.4. The molecule has 0 bridgehead atoms. The van der Waals surface area contributed by atoms with Crippen LogP contribution in [0.25, 0.3) is 0 Å². The van der Waals surface area contributed by atoms with Crippen LogP contribution in [0.2, 0.25) is 5.02 Å². The quantitative estimate of drug-likeness (QED) is 0.541. The number of carbonyl (C=O) groups excluding carboxylic acids is 1. The van der Waals surface area contributed by atoms with Crippen molar-refractivity contribution < 1.29 is 4.79 Å². The minimum absolute atomic E-state index is 0.0638. The maximum Gasteiger partial charge on any atom is 0.251 e. The molecule has 1 heterocycles. The number of anilines is 1. The fourth-order valence-corrected chi connectivity index (χ4v) is 5.50. The van der Waals surface area contributed by atoms with Gasteiger partial charge in [-0.05, 0) is 94.7 Å². The maximum atomic E-state index is 13.3. The molecule has 1 unspecified atom stereocenters. The summed E-state index contributed by atoms with van der Waals surface area (Å²) < 4.78 is 0. The summed E-state index contributed by atoms with van der Waals surface area (Å²) in [6.07, 6.45) is 7.16. The summed E-state index contributed by atoms with van der Waals surface area (Å²) in [6.45, 7) is 12.0. The van der Waals surface area contributed by atoms with Gasteiger partial charge in [0.05, 0.1) is 0 Å². The number of allylic oxidation sites excluding steroid dienone is 3. The first-order valence-corrected chi connectivity index (χ1v) is 12.4. The van der Waals surface area contributed by atoms with Gasteiger partial charge in [0.1, 0.15) is 0 Å². The third kappa shape index (κ3) is 5.49. The molecule has 1 aliphatic carbocycles. The summed E-state index contributed by atoms with van der Waals surface area (Å²) in [5, 5.41) is 7.20. The Morgan fingerprint density at radius 1 is 1.22 bits per heavy atom. The number of rotatable bonds is 7. The third-order valence-electron chi connectivity index (χ3n) is 6.97. The Hall–Kier alpha value is -1.98. The second kappa shape index (κ2) is 10.8. The molecular formula is C26H39ClN4O. The fraction of sp³-hybridized carbons (Fsp3) is 0.577. The number of nitrogens with zero attached hydrogens (tertiary/aromatic N) is 1. The van der Waals surface area contributed by atoms with E-state index in [4.69, 9.17) is 17.3 Å². The smallest absolute Gasteiger partial charge is 0.251 e. The minimum atomic E-state index is -0.0638. The lowest BCUT2D eigenvalue weighted by Crippen LogP contribution is -2.41. The Bertz CT molecular complexity index is 899. The highest BCUT2D eigenvalue weighted by Crippen LogP contribution is 2.34. The average molecular weight is 459 g/mol. The minimum Gasteiger partial charge on any atom is -0.382 e. The summed E-state index contributed by atoms with van der Waals surface area (Å²) in [7, 11) is 0. The molecule has 1 atom stereocenters. The van der Waals surface area contributed by atoms with Crippen LogP contribution < -0.4 is 21.3 Å². The van der Waals surface area contributed by atoms with Gasteiger partial charge in [0.15, 0.2) is 0 Å². The van der Waals surface area contributed by atoms with E-state index in [9.17, 15) is 4.79 Å². The molecule has 0 aromatic heterocycles. The molecule has 2 aliphatic rings. The Kier molecular flexibility index (Phi) is 8.29. The first-order valence-electron chi connectivity index (χ1n) is 12.0. The predicted octanol–water partition coefficient (Wildman–Crippen LogP) is 4.94. The lowest BCUT2D eigenvalue weighted by atomic mass is 9.89. The molecular weight excluding hydrogens is 420 g/mol. The Balaban J connectivity index is 1.86. The van der Waals surface area contributed by atoms with Crippen molar-refractivity contribution in [3.05, 3.63) is 51.2 Å². The molecule has 4 N–H and O–H groups in total. The first kappa shape index (κ1) is 24.7. The molecule has 1 aromatic rings. The van der Waals surface area contributed by atoms with E-state index >= 15 is 0 Å². The van der Waals surface area contributed by atoms with Gasteiger partial charge in [-0.2, -0.15) is 0 Å². The van der Waals surface area contributed by atoms with E-state index in [1.165, 1.54) is 11.1 Å². The molecule has 1 amide bonds. The van der Waals surface area contributed by atoms with Crippen LogP contribution in [-0.2, 0) is 6.42 Å². The van der Waals surface area contributed by atoms with Crippen molar-refractivity contribution in [3.63, 3.8) is 0 Å². The Morgan fingerprint density at radius 3 is 2.50 bits per heavy atom. The molecule has 5 nitrogen and oxygen atoms in total. The van der Waals surface area contributed by atoms with Crippen LogP contribution in [0, 0.1) is 0 Å². The highest BCUT2D eigenvalue weighted by molar-refractivity contribution is 6.31. The van der Waals surface area contributed by atoms with E-state index in [0.29, 0.717) is 29.2 Å². The molecule has 32 heavy (non-hydrogen) atoms. The van der Waals surface area contributed by atoms with Crippen LogP contribution in [-0.4, -0.2) is 37.1 Å². The molecule has 1 fully saturated rings. The van der Waals surface area contributed by atoms with Crippen LogP contribution in [0.1, 0.15) is 76.2 Å². The molecule has 3 rings (SSSR count). The SMILES string of the molecule is CCc1c(C(=O)NCC2=C(C)C=C(C)NC2C)cc(Cl)cc1N(CC)C1CCC(N)CC1. The van der Waals surface area contributed by atoms with E-state index in [1.54, 1.807) is 0 Å². The molecule has 1 aliphatic heterocycles. The fourth-order valence-electron chi connectivity index (χ4n) is 5.28. The van der Waals surface area contributed by atoms with E-state index in [-0.39, 0.29) is 11.9 Å². The van der Waals surface area contributed by atoms with Crippen LogP contribution in [0.4, 0.5) is 5.69 Å². The van der Waals surface area contributed by atoms with Crippen molar-refractivity contribution in [1.29, 1.82) is 0 Å². The lowest BCUT2D eigenvalue weighted by molar-refractivity contribution is 0.0955. The summed E-state index contributed by atoms with van der Waals surface area (Å²) in [5.74, 6) is -0.0638. The second-order valence-corrected chi connectivity index (χ2v) is 9.68. The van der Waals surface area contributed by atoms with E-state index < -0.39 is 0 Å². The zero-order valence-electron chi connectivity index (χ0n) is 20.2. The predicted molar refractivity (Wildman–Crippen MR) is 135 cm³/mol. The third-order valence-corrected chi connectivity index (χ3v) is 7.19. The Labute approximate surface area is 198 Å². The van der Waals surface area contributed by atoms with E-state index in [2.05, 4.69) is 56.2 Å². The van der Waals surface area contributed by atoms with Crippen molar-refractivity contribution in [2.75, 3.05) is 18.0 Å². The average Bonchev–Trinajstić information content (AvgIpc) is 2.74. The topological polar surface area (TPSA) is 70.4 Å². The molecule has 0 saturated heterocycles. The highest BCUT2D eigenvalue weighted by atomic mass is 35.5. The number of nitrogens with two attached hydrogens (primary N) is 1. The van der Waals surface area contributed by atoms with Gasteiger partial charge >= 0.3 is 0 Å². The van der Waals surface area contributed by atoms with E-state index in [1.807, 2.05) is 12.1 Å². The van der Waals surface area contributed by atoms with Gasteiger partial charge < -0.3 is 21.3 Å². The van der Waals surface area contributed by atoms with Crippen molar-refractivity contribution in [2.24, 2.45) is 5.73 Å². The molecule has 176 valence electrons. The molecule has 0 spiro atoms. The highest BCUT2D eigenvalue weighted by Gasteiger charge is 2.27. The second-order valence-electron chi connectivity index (χ2n) is 9.24. The first-order chi connectivity index (χ1) is 15.2. The molecule has 6 heteroatoms. The zero-order valence-corrected chi connectivity index (χ0v) is 21.0. The standard InChI is InChI=1S/C26H39ClN4O/c1-6-22-23(26(32)29-15-24-16(3)12-17(4)30-18(24)5)13-19(27)14-25(22)31(7-2)21-10-8-20(28)9-11-21/h12-14,18,20-21,30H,6-11,15,28H2,1-5H3,(H,29,32). The number of nitrogens with one attached hydrogen (secondary N) is 2. The summed E-state index contributed by atoms with van der Waals surface area (Å²) in [6, 6.07) is 4.80. The van der Waals surface area contributed by atoms with Gasteiger partial charge in [0.2, 0.25) is 0 Å². The number of dihydropyridines is 1. The molecule has 1 saturated carbocycles. The van der Waals surface area contributed by atoms with Crippen LogP contribution in [0.3, 0.4) is 0 Å². The van der Waals surface area contributed by atoms with Gasteiger partial charge in [-0.25, -0.2) is 0 Å². The molecule has 1 aromatic carbocycles. The Morgan fingerprint density at radius 2 is 1.91 bits per heavy atom. The van der Waals surface area contributed by atoms with Crippen molar-refractivity contribution in [2.45, 2.75) is 84.8 Å². The largest absolute Gasteiger partial charge is 0.382 e. The lowest BCUT2D eigenvalue weighted by Gasteiger charge is -2.38. The van der Waals surface area contributed by atoms with Crippen molar-refractivity contribution in [3.8, 4) is 0 Å².